The maximum absolute atomic E-state index is 4.57. The van der Waals surface area contributed by atoms with E-state index in [1.165, 1.54) is 25.7 Å². The minimum Gasteiger partial charge on any atom is -0.357 e. The minimum absolute atomic E-state index is 0.629. The molecule has 0 unspecified atom stereocenters. The first-order chi connectivity index (χ1) is 7.22. The number of hydrogen-bond donors (Lipinski definition) is 2. The molecular formula is C12H25N3. The van der Waals surface area contributed by atoms with Crippen molar-refractivity contribution in [3.05, 3.63) is 0 Å². The highest BCUT2D eigenvalue weighted by molar-refractivity contribution is 5.80. The first kappa shape index (κ1) is 12.3. The van der Waals surface area contributed by atoms with E-state index >= 15 is 0 Å². The zero-order chi connectivity index (χ0) is 11.1. The lowest BCUT2D eigenvalue weighted by molar-refractivity contribution is 0.604. The van der Waals surface area contributed by atoms with E-state index in [1.54, 1.807) is 0 Å². The number of guanidine groups is 1. The molecule has 0 aromatic carbocycles. The van der Waals surface area contributed by atoms with E-state index in [4.69, 9.17) is 0 Å². The van der Waals surface area contributed by atoms with Crippen LogP contribution in [0.5, 0.6) is 0 Å². The molecule has 1 aliphatic rings. The monoisotopic (exact) mass is 211 g/mol. The van der Waals surface area contributed by atoms with Crippen LogP contribution in [0, 0.1) is 5.92 Å². The van der Waals surface area contributed by atoms with Crippen molar-refractivity contribution in [3.63, 3.8) is 0 Å². The van der Waals surface area contributed by atoms with Gasteiger partial charge in [0.25, 0.3) is 0 Å². The van der Waals surface area contributed by atoms with E-state index in [1.807, 2.05) is 0 Å². The molecule has 0 bridgehead atoms. The molecule has 0 aliphatic heterocycles. The van der Waals surface area contributed by atoms with Crippen LogP contribution in [0.15, 0.2) is 4.99 Å². The van der Waals surface area contributed by atoms with Crippen molar-refractivity contribution in [1.29, 1.82) is 0 Å². The Balaban J connectivity index is 2.37. The summed E-state index contributed by atoms with van der Waals surface area (Å²) < 4.78 is 0. The van der Waals surface area contributed by atoms with Gasteiger partial charge in [0.1, 0.15) is 0 Å². The summed E-state index contributed by atoms with van der Waals surface area (Å²) in [6.45, 7) is 8.35. The van der Waals surface area contributed by atoms with Crippen molar-refractivity contribution >= 4 is 5.96 Å². The van der Waals surface area contributed by atoms with Crippen molar-refractivity contribution in [2.24, 2.45) is 10.9 Å². The number of nitrogens with one attached hydrogen (secondary N) is 2. The van der Waals surface area contributed by atoms with Gasteiger partial charge in [-0.15, -0.1) is 0 Å². The fourth-order valence-electron chi connectivity index (χ4n) is 1.86. The average molecular weight is 211 g/mol. The molecule has 1 rings (SSSR count). The van der Waals surface area contributed by atoms with E-state index in [2.05, 4.69) is 36.4 Å². The van der Waals surface area contributed by atoms with Crippen molar-refractivity contribution < 1.29 is 0 Å². The van der Waals surface area contributed by atoms with Crippen LogP contribution in [0.25, 0.3) is 0 Å². The Labute approximate surface area is 93.7 Å². The second kappa shape index (κ2) is 6.70. The summed E-state index contributed by atoms with van der Waals surface area (Å²) in [5.74, 6) is 1.63. The van der Waals surface area contributed by atoms with Gasteiger partial charge < -0.3 is 10.6 Å². The molecule has 0 amide bonds. The molecule has 3 nitrogen and oxygen atoms in total. The third-order valence-electron chi connectivity index (χ3n) is 2.65. The van der Waals surface area contributed by atoms with Crippen molar-refractivity contribution in [3.8, 4) is 0 Å². The molecule has 0 saturated heterocycles. The van der Waals surface area contributed by atoms with Crippen LogP contribution in [0.2, 0.25) is 0 Å². The van der Waals surface area contributed by atoms with Gasteiger partial charge in [0.2, 0.25) is 0 Å². The van der Waals surface area contributed by atoms with Crippen LogP contribution < -0.4 is 10.6 Å². The normalized spacial score (nSPS) is 18.5. The molecule has 0 aromatic heterocycles. The molecule has 1 aliphatic carbocycles. The summed E-state index contributed by atoms with van der Waals surface area (Å²) in [4.78, 5) is 4.57. The summed E-state index contributed by atoms with van der Waals surface area (Å²) in [6.07, 6.45) is 5.32. The predicted molar refractivity (Wildman–Crippen MR) is 66.2 cm³/mol. The quantitative estimate of drug-likeness (QED) is 0.552. The van der Waals surface area contributed by atoms with Gasteiger partial charge in [-0.05, 0) is 25.7 Å². The Morgan fingerprint density at radius 2 is 2.00 bits per heavy atom. The first-order valence-electron chi connectivity index (χ1n) is 6.27. The summed E-state index contributed by atoms with van der Waals surface area (Å²) >= 11 is 0. The fourth-order valence-corrected chi connectivity index (χ4v) is 1.86. The van der Waals surface area contributed by atoms with Crippen LogP contribution in [-0.2, 0) is 0 Å². The Morgan fingerprint density at radius 1 is 1.33 bits per heavy atom. The molecule has 0 aromatic rings. The topological polar surface area (TPSA) is 36.4 Å². The van der Waals surface area contributed by atoms with E-state index in [0.717, 1.165) is 19.0 Å². The number of aliphatic imine (C=N–C) groups is 1. The van der Waals surface area contributed by atoms with Gasteiger partial charge in [-0.3, -0.25) is 4.99 Å². The largest absolute Gasteiger partial charge is 0.357 e. The molecule has 15 heavy (non-hydrogen) atoms. The highest BCUT2D eigenvalue weighted by Gasteiger charge is 2.15. The lowest BCUT2D eigenvalue weighted by Gasteiger charge is -2.16. The molecule has 0 spiro atoms. The average Bonchev–Trinajstić information content (AvgIpc) is 2.67. The smallest absolute Gasteiger partial charge is 0.191 e. The lowest BCUT2D eigenvalue weighted by atomic mass is 10.2. The maximum atomic E-state index is 4.57. The summed E-state index contributed by atoms with van der Waals surface area (Å²) in [5, 5.41) is 6.81. The van der Waals surface area contributed by atoms with Gasteiger partial charge in [-0.2, -0.15) is 0 Å². The van der Waals surface area contributed by atoms with Gasteiger partial charge in [0, 0.05) is 19.1 Å². The summed E-state index contributed by atoms with van der Waals surface area (Å²) in [5.41, 5.74) is 0. The van der Waals surface area contributed by atoms with E-state index in [0.29, 0.717) is 12.0 Å². The van der Waals surface area contributed by atoms with Crippen LogP contribution in [-0.4, -0.2) is 25.1 Å². The van der Waals surface area contributed by atoms with Gasteiger partial charge in [-0.1, -0.05) is 26.7 Å². The minimum atomic E-state index is 0.629. The third kappa shape index (κ3) is 5.05. The lowest BCUT2D eigenvalue weighted by Crippen LogP contribution is -2.42. The van der Waals surface area contributed by atoms with Crippen molar-refractivity contribution in [2.45, 2.75) is 52.5 Å². The van der Waals surface area contributed by atoms with Crippen molar-refractivity contribution in [1.82, 2.24) is 10.6 Å². The Bertz CT molecular complexity index is 193. The summed E-state index contributed by atoms with van der Waals surface area (Å²) in [6, 6.07) is 0.648. The maximum Gasteiger partial charge on any atom is 0.191 e. The molecule has 88 valence electrons. The zero-order valence-electron chi connectivity index (χ0n) is 10.3. The molecule has 2 N–H and O–H groups in total. The molecular weight excluding hydrogens is 186 g/mol. The van der Waals surface area contributed by atoms with Crippen LogP contribution in [0.4, 0.5) is 0 Å². The Hall–Kier alpha value is -0.730. The molecule has 0 heterocycles. The van der Waals surface area contributed by atoms with E-state index in [9.17, 15) is 0 Å². The molecule has 1 fully saturated rings. The zero-order valence-corrected chi connectivity index (χ0v) is 10.3. The third-order valence-corrected chi connectivity index (χ3v) is 2.65. The predicted octanol–water partition coefficient (Wildman–Crippen LogP) is 2.14. The van der Waals surface area contributed by atoms with E-state index < -0.39 is 0 Å². The highest BCUT2D eigenvalue weighted by atomic mass is 15.2. The Kier molecular flexibility index (Phi) is 5.51. The SMILES string of the molecule is CCNC(=NCC(C)C)NC1CCCC1. The van der Waals surface area contributed by atoms with Gasteiger partial charge in [0.05, 0.1) is 0 Å². The van der Waals surface area contributed by atoms with Crippen LogP contribution in [0.1, 0.15) is 46.5 Å². The Morgan fingerprint density at radius 3 is 2.53 bits per heavy atom. The molecule has 1 saturated carbocycles. The number of nitrogens with zero attached hydrogens (tertiary/aromatic N) is 1. The van der Waals surface area contributed by atoms with Gasteiger partial charge >= 0.3 is 0 Å². The van der Waals surface area contributed by atoms with Gasteiger partial charge in [-0.25, -0.2) is 0 Å². The number of hydrogen-bond acceptors (Lipinski definition) is 1. The molecule has 0 radical (unpaired) electrons. The van der Waals surface area contributed by atoms with Crippen LogP contribution in [0.3, 0.4) is 0 Å². The summed E-state index contributed by atoms with van der Waals surface area (Å²) in [7, 11) is 0. The highest BCUT2D eigenvalue weighted by Crippen LogP contribution is 2.17. The molecule has 3 heteroatoms. The second-order valence-electron chi connectivity index (χ2n) is 4.74. The second-order valence-corrected chi connectivity index (χ2v) is 4.74. The fraction of sp³-hybridized carbons (Fsp3) is 0.917. The van der Waals surface area contributed by atoms with Crippen LogP contribution >= 0.6 is 0 Å². The standard InChI is InChI=1S/C12H25N3/c1-4-13-12(14-9-10(2)3)15-11-7-5-6-8-11/h10-11H,4-9H2,1-3H3,(H2,13,14,15). The van der Waals surface area contributed by atoms with Gasteiger partial charge in [0.15, 0.2) is 5.96 Å². The van der Waals surface area contributed by atoms with E-state index in [-0.39, 0.29) is 0 Å². The van der Waals surface area contributed by atoms with Crippen molar-refractivity contribution in [2.75, 3.05) is 13.1 Å². The first-order valence-corrected chi connectivity index (χ1v) is 6.27. The number of rotatable bonds is 4. The molecule has 0 atom stereocenters.